The van der Waals surface area contributed by atoms with Crippen molar-refractivity contribution < 1.29 is 0 Å². The van der Waals surface area contributed by atoms with E-state index in [2.05, 4.69) is 29.3 Å². The highest BCUT2D eigenvalue weighted by atomic mass is 35.5. The second kappa shape index (κ2) is 4.45. The van der Waals surface area contributed by atoms with E-state index >= 15 is 0 Å². The lowest BCUT2D eigenvalue weighted by Gasteiger charge is -2.14. The van der Waals surface area contributed by atoms with E-state index in [0.29, 0.717) is 5.88 Å². The number of nitrogens with zero attached hydrogens (tertiary/aromatic N) is 3. The molecule has 0 bridgehead atoms. The summed E-state index contributed by atoms with van der Waals surface area (Å²) in [6.45, 7) is 2.11. The van der Waals surface area contributed by atoms with Crippen molar-refractivity contribution >= 4 is 11.6 Å². The summed E-state index contributed by atoms with van der Waals surface area (Å²) >= 11 is 5.78. The van der Waals surface area contributed by atoms with Crippen molar-refractivity contribution in [2.45, 2.75) is 18.8 Å². The van der Waals surface area contributed by atoms with Crippen LogP contribution in [0.5, 0.6) is 0 Å². The van der Waals surface area contributed by atoms with E-state index in [1.54, 1.807) is 6.33 Å². The maximum absolute atomic E-state index is 5.78. The van der Waals surface area contributed by atoms with Gasteiger partial charge in [-0.1, -0.05) is 30.3 Å². The van der Waals surface area contributed by atoms with Gasteiger partial charge in [-0.15, -0.1) is 21.8 Å². The van der Waals surface area contributed by atoms with Gasteiger partial charge >= 0.3 is 0 Å². The summed E-state index contributed by atoms with van der Waals surface area (Å²) in [6, 6.07) is 10.4. The molecule has 0 aliphatic carbocycles. The van der Waals surface area contributed by atoms with Gasteiger partial charge in [-0.2, -0.15) is 0 Å². The van der Waals surface area contributed by atoms with Gasteiger partial charge in [0.05, 0.1) is 11.9 Å². The summed E-state index contributed by atoms with van der Waals surface area (Å²) in [5.41, 5.74) is 1.23. The van der Waals surface area contributed by atoms with Crippen molar-refractivity contribution in [2.75, 3.05) is 0 Å². The average molecular weight is 222 g/mol. The van der Waals surface area contributed by atoms with E-state index in [9.17, 15) is 0 Å². The van der Waals surface area contributed by atoms with Crippen LogP contribution < -0.4 is 0 Å². The minimum atomic E-state index is 0.218. The van der Waals surface area contributed by atoms with Crippen LogP contribution in [0.1, 0.15) is 24.4 Å². The normalized spacial score (nSPS) is 12.7. The van der Waals surface area contributed by atoms with Crippen LogP contribution in [0.2, 0.25) is 0 Å². The number of rotatable bonds is 3. The summed E-state index contributed by atoms with van der Waals surface area (Å²) in [7, 11) is 0. The molecule has 2 rings (SSSR count). The van der Waals surface area contributed by atoms with E-state index in [0.717, 1.165) is 5.82 Å². The smallest absolute Gasteiger partial charge is 0.148 e. The molecular formula is C11H12ClN3. The SMILES string of the molecule is CC(c1ccccc1)n1cnnc1CCl. The summed E-state index contributed by atoms with van der Waals surface area (Å²) < 4.78 is 1.99. The first-order chi connectivity index (χ1) is 7.33. The highest BCUT2D eigenvalue weighted by Gasteiger charge is 2.11. The Hall–Kier alpha value is -1.35. The molecule has 0 radical (unpaired) electrons. The van der Waals surface area contributed by atoms with E-state index in [4.69, 9.17) is 11.6 Å². The van der Waals surface area contributed by atoms with Gasteiger partial charge in [-0.3, -0.25) is 0 Å². The molecule has 0 aliphatic heterocycles. The Kier molecular flexibility index (Phi) is 3.02. The third-order valence-corrected chi connectivity index (χ3v) is 2.71. The number of halogens is 1. The van der Waals surface area contributed by atoms with Crippen LogP contribution in [0.3, 0.4) is 0 Å². The molecule has 0 fully saturated rings. The lowest BCUT2D eigenvalue weighted by molar-refractivity contribution is 0.614. The van der Waals surface area contributed by atoms with Crippen LogP contribution in [0, 0.1) is 0 Å². The van der Waals surface area contributed by atoms with E-state index in [-0.39, 0.29) is 6.04 Å². The maximum atomic E-state index is 5.78. The summed E-state index contributed by atoms with van der Waals surface area (Å²) in [4.78, 5) is 0. The molecule has 4 heteroatoms. The zero-order valence-corrected chi connectivity index (χ0v) is 9.22. The van der Waals surface area contributed by atoms with Crippen LogP contribution in [0.15, 0.2) is 36.7 Å². The summed E-state index contributed by atoms with van der Waals surface area (Å²) in [5.74, 6) is 1.19. The van der Waals surface area contributed by atoms with E-state index in [1.807, 2.05) is 22.8 Å². The first-order valence-electron chi connectivity index (χ1n) is 4.82. The Bertz CT molecular complexity index is 424. The Balaban J connectivity index is 2.32. The van der Waals surface area contributed by atoms with Gasteiger partial charge in [0.1, 0.15) is 12.2 Å². The molecule has 0 N–H and O–H groups in total. The number of hydrogen-bond acceptors (Lipinski definition) is 2. The zero-order chi connectivity index (χ0) is 10.7. The van der Waals surface area contributed by atoms with Gasteiger partial charge in [0.15, 0.2) is 0 Å². The second-order valence-electron chi connectivity index (χ2n) is 3.37. The molecule has 1 aromatic heterocycles. The van der Waals surface area contributed by atoms with Gasteiger partial charge in [0.2, 0.25) is 0 Å². The molecule has 78 valence electrons. The highest BCUT2D eigenvalue weighted by molar-refractivity contribution is 6.16. The molecular weight excluding hydrogens is 210 g/mol. The molecule has 1 atom stereocenters. The van der Waals surface area contributed by atoms with Gasteiger partial charge in [0, 0.05) is 0 Å². The van der Waals surface area contributed by atoms with Crippen LogP contribution in [0.4, 0.5) is 0 Å². The Morgan fingerprint density at radius 2 is 2.07 bits per heavy atom. The van der Waals surface area contributed by atoms with Crippen molar-refractivity contribution in [3.63, 3.8) is 0 Å². The highest BCUT2D eigenvalue weighted by Crippen LogP contribution is 2.18. The third kappa shape index (κ3) is 2.02. The van der Waals surface area contributed by atoms with Crippen molar-refractivity contribution in [2.24, 2.45) is 0 Å². The van der Waals surface area contributed by atoms with Crippen molar-refractivity contribution in [3.05, 3.63) is 48.0 Å². The number of alkyl halides is 1. The van der Waals surface area contributed by atoms with Gasteiger partial charge in [-0.25, -0.2) is 0 Å². The molecule has 0 amide bonds. The van der Waals surface area contributed by atoms with E-state index < -0.39 is 0 Å². The molecule has 0 saturated carbocycles. The predicted molar refractivity (Wildman–Crippen MR) is 59.8 cm³/mol. The second-order valence-corrected chi connectivity index (χ2v) is 3.64. The molecule has 2 aromatic rings. The van der Waals surface area contributed by atoms with Crippen LogP contribution >= 0.6 is 11.6 Å². The molecule has 1 unspecified atom stereocenters. The topological polar surface area (TPSA) is 30.7 Å². The fourth-order valence-corrected chi connectivity index (χ4v) is 1.77. The summed E-state index contributed by atoms with van der Waals surface area (Å²) in [5, 5.41) is 7.83. The lowest BCUT2D eigenvalue weighted by atomic mass is 10.1. The van der Waals surface area contributed by atoms with Crippen molar-refractivity contribution in [1.29, 1.82) is 0 Å². The monoisotopic (exact) mass is 221 g/mol. The first kappa shape index (κ1) is 10.2. The number of benzene rings is 1. The largest absolute Gasteiger partial charge is 0.309 e. The fraction of sp³-hybridized carbons (Fsp3) is 0.273. The quantitative estimate of drug-likeness (QED) is 0.746. The molecule has 0 spiro atoms. The number of aromatic nitrogens is 3. The maximum Gasteiger partial charge on any atom is 0.148 e. The standard InChI is InChI=1S/C11H12ClN3/c1-9(10-5-3-2-4-6-10)15-8-13-14-11(15)7-12/h2-6,8-9H,7H2,1H3. The predicted octanol–water partition coefficient (Wildman–Crippen LogP) is 2.63. The van der Waals surface area contributed by atoms with Crippen molar-refractivity contribution in [3.8, 4) is 0 Å². The number of hydrogen-bond donors (Lipinski definition) is 0. The fourth-order valence-electron chi connectivity index (χ4n) is 1.58. The Labute approximate surface area is 93.7 Å². The van der Waals surface area contributed by atoms with Crippen molar-refractivity contribution in [1.82, 2.24) is 14.8 Å². The molecule has 3 nitrogen and oxygen atoms in total. The van der Waals surface area contributed by atoms with Gasteiger partial charge in [0.25, 0.3) is 0 Å². The van der Waals surface area contributed by atoms with Gasteiger partial charge in [-0.05, 0) is 12.5 Å². The minimum Gasteiger partial charge on any atom is -0.309 e. The third-order valence-electron chi connectivity index (χ3n) is 2.47. The molecule has 1 heterocycles. The first-order valence-corrected chi connectivity index (χ1v) is 5.35. The zero-order valence-electron chi connectivity index (χ0n) is 8.47. The lowest BCUT2D eigenvalue weighted by Crippen LogP contribution is -2.08. The van der Waals surface area contributed by atoms with Gasteiger partial charge < -0.3 is 4.57 Å². The summed E-state index contributed by atoms with van der Waals surface area (Å²) in [6.07, 6.45) is 1.72. The van der Waals surface area contributed by atoms with Crippen LogP contribution in [-0.2, 0) is 5.88 Å². The molecule has 1 aromatic carbocycles. The minimum absolute atomic E-state index is 0.218. The van der Waals surface area contributed by atoms with Crippen LogP contribution in [-0.4, -0.2) is 14.8 Å². The Morgan fingerprint density at radius 3 is 2.73 bits per heavy atom. The average Bonchev–Trinajstić information content (AvgIpc) is 2.77. The molecule has 0 saturated heterocycles. The molecule has 0 aliphatic rings. The molecule has 15 heavy (non-hydrogen) atoms. The van der Waals surface area contributed by atoms with E-state index in [1.165, 1.54) is 5.56 Å². The Morgan fingerprint density at radius 1 is 1.33 bits per heavy atom. The van der Waals surface area contributed by atoms with Crippen LogP contribution in [0.25, 0.3) is 0 Å².